The average molecular weight is 249 g/mol. The first-order valence-electron chi connectivity index (χ1n) is 6.19. The lowest BCUT2D eigenvalue weighted by molar-refractivity contribution is -0.131. The first-order valence-corrected chi connectivity index (χ1v) is 6.19. The molecule has 1 saturated heterocycles. The molecule has 0 aromatic heterocycles. The second kappa shape index (κ2) is 5.73. The van der Waals surface area contributed by atoms with Crippen LogP contribution in [0.3, 0.4) is 0 Å². The van der Waals surface area contributed by atoms with Gasteiger partial charge in [0.1, 0.15) is 11.9 Å². The van der Waals surface area contributed by atoms with E-state index in [-0.39, 0.29) is 18.6 Å². The van der Waals surface area contributed by atoms with E-state index in [9.17, 15) is 4.79 Å². The third-order valence-electron chi connectivity index (χ3n) is 3.18. The summed E-state index contributed by atoms with van der Waals surface area (Å²) in [4.78, 5) is 13.2. The van der Waals surface area contributed by atoms with Crippen LogP contribution in [-0.2, 0) is 4.79 Å². The van der Waals surface area contributed by atoms with Gasteiger partial charge in [0.15, 0.2) is 0 Å². The Balaban J connectivity index is 1.87. The monoisotopic (exact) mass is 249 g/mol. The molecule has 1 aromatic carbocycles. The fraction of sp³-hybridized carbons (Fsp3) is 0.462. The van der Waals surface area contributed by atoms with Gasteiger partial charge >= 0.3 is 0 Å². The number of nitrogens with zero attached hydrogens (tertiary/aromatic N) is 1. The first kappa shape index (κ1) is 12.7. The zero-order valence-corrected chi connectivity index (χ0v) is 10.3. The highest BCUT2D eigenvalue weighted by atomic mass is 16.5. The number of amides is 1. The highest BCUT2D eigenvalue weighted by Crippen LogP contribution is 2.24. The van der Waals surface area contributed by atoms with Gasteiger partial charge in [-0.2, -0.15) is 0 Å². The Bertz CT molecular complexity index is 414. The Morgan fingerprint density at radius 1 is 1.33 bits per heavy atom. The maximum atomic E-state index is 11.4. The summed E-state index contributed by atoms with van der Waals surface area (Å²) in [6.07, 6.45) is 1.76. The highest BCUT2D eigenvalue weighted by molar-refractivity contribution is 5.78. The van der Waals surface area contributed by atoms with Crippen LogP contribution in [0, 0.1) is 0 Å². The summed E-state index contributed by atoms with van der Waals surface area (Å²) in [5.74, 6) is 0.730. The van der Waals surface area contributed by atoms with Gasteiger partial charge in [0.05, 0.1) is 12.2 Å². The number of piperidine rings is 1. The third-order valence-corrected chi connectivity index (χ3v) is 3.18. The summed E-state index contributed by atoms with van der Waals surface area (Å²) in [5.41, 5.74) is 11.8. The summed E-state index contributed by atoms with van der Waals surface area (Å²) in [5, 5.41) is 0. The highest BCUT2D eigenvalue weighted by Gasteiger charge is 2.23. The Hall–Kier alpha value is -1.75. The lowest BCUT2D eigenvalue weighted by Gasteiger charge is -2.32. The van der Waals surface area contributed by atoms with Crippen LogP contribution in [-0.4, -0.2) is 36.5 Å². The maximum absolute atomic E-state index is 11.4. The molecule has 5 heteroatoms. The van der Waals surface area contributed by atoms with E-state index in [0.717, 1.165) is 18.6 Å². The van der Waals surface area contributed by atoms with Crippen molar-refractivity contribution in [3.63, 3.8) is 0 Å². The van der Waals surface area contributed by atoms with Gasteiger partial charge in [0.25, 0.3) is 0 Å². The van der Waals surface area contributed by atoms with Gasteiger partial charge in [-0.25, -0.2) is 0 Å². The number of likely N-dealkylation sites (tertiary alicyclic amines) is 1. The SMILES string of the molecule is NCC(=O)N1CCC(Oc2ccccc2N)CC1. The largest absolute Gasteiger partial charge is 0.488 e. The van der Waals surface area contributed by atoms with Crippen LogP contribution in [0.2, 0.25) is 0 Å². The quantitative estimate of drug-likeness (QED) is 0.768. The minimum Gasteiger partial charge on any atom is -0.488 e. The summed E-state index contributed by atoms with van der Waals surface area (Å²) >= 11 is 0. The molecule has 1 fully saturated rings. The summed E-state index contributed by atoms with van der Waals surface area (Å²) in [7, 11) is 0. The molecule has 0 spiro atoms. The van der Waals surface area contributed by atoms with E-state index in [2.05, 4.69) is 0 Å². The molecule has 2 rings (SSSR count). The van der Waals surface area contributed by atoms with Gasteiger partial charge in [-0.05, 0) is 12.1 Å². The van der Waals surface area contributed by atoms with Crippen molar-refractivity contribution in [2.75, 3.05) is 25.4 Å². The predicted octanol–water partition coefficient (Wildman–Crippen LogP) is 0.597. The zero-order chi connectivity index (χ0) is 13.0. The molecule has 1 heterocycles. The molecule has 5 nitrogen and oxygen atoms in total. The number of ether oxygens (including phenoxy) is 1. The molecular formula is C13H19N3O2. The molecule has 0 unspecified atom stereocenters. The van der Waals surface area contributed by atoms with E-state index in [1.54, 1.807) is 4.90 Å². The van der Waals surface area contributed by atoms with E-state index in [1.165, 1.54) is 0 Å². The predicted molar refractivity (Wildman–Crippen MR) is 70.1 cm³/mol. The fourth-order valence-corrected chi connectivity index (χ4v) is 2.12. The molecule has 0 radical (unpaired) electrons. The van der Waals surface area contributed by atoms with Crippen LogP contribution >= 0.6 is 0 Å². The fourth-order valence-electron chi connectivity index (χ4n) is 2.12. The van der Waals surface area contributed by atoms with Crippen molar-refractivity contribution in [2.45, 2.75) is 18.9 Å². The van der Waals surface area contributed by atoms with Gasteiger partial charge in [-0.1, -0.05) is 12.1 Å². The van der Waals surface area contributed by atoms with Crippen molar-refractivity contribution >= 4 is 11.6 Å². The van der Waals surface area contributed by atoms with Gasteiger partial charge in [0.2, 0.25) is 5.91 Å². The number of para-hydroxylation sites is 2. The number of hydrogen-bond donors (Lipinski definition) is 2. The molecule has 0 atom stereocenters. The van der Waals surface area contributed by atoms with E-state index < -0.39 is 0 Å². The summed E-state index contributed by atoms with van der Waals surface area (Å²) in [6, 6.07) is 7.47. The van der Waals surface area contributed by atoms with E-state index in [4.69, 9.17) is 16.2 Å². The minimum absolute atomic E-state index is 0.00711. The number of carbonyl (C=O) groups excluding carboxylic acids is 1. The maximum Gasteiger partial charge on any atom is 0.236 e. The second-order valence-electron chi connectivity index (χ2n) is 4.44. The van der Waals surface area contributed by atoms with Crippen molar-refractivity contribution in [1.29, 1.82) is 0 Å². The van der Waals surface area contributed by atoms with Crippen LogP contribution in [0.1, 0.15) is 12.8 Å². The van der Waals surface area contributed by atoms with Crippen molar-refractivity contribution < 1.29 is 9.53 Å². The van der Waals surface area contributed by atoms with Crippen molar-refractivity contribution in [3.05, 3.63) is 24.3 Å². The lowest BCUT2D eigenvalue weighted by Crippen LogP contribution is -2.44. The van der Waals surface area contributed by atoms with Crippen LogP contribution in [0.15, 0.2) is 24.3 Å². The molecule has 0 aliphatic carbocycles. The van der Waals surface area contributed by atoms with Crippen molar-refractivity contribution in [1.82, 2.24) is 4.90 Å². The Kier molecular flexibility index (Phi) is 4.04. The van der Waals surface area contributed by atoms with E-state index >= 15 is 0 Å². The Labute approximate surface area is 107 Å². The van der Waals surface area contributed by atoms with Gasteiger partial charge in [-0.15, -0.1) is 0 Å². The van der Waals surface area contributed by atoms with Crippen molar-refractivity contribution in [3.8, 4) is 5.75 Å². The number of rotatable bonds is 3. The third kappa shape index (κ3) is 2.92. The second-order valence-corrected chi connectivity index (χ2v) is 4.44. The number of nitrogens with two attached hydrogens (primary N) is 2. The average Bonchev–Trinajstić information content (AvgIpc) is 2.41. The van der Waals surface area contributed by atoms with Crippen molar-refractivity contribution in [2.24, 2.45) is 5.73 Å². The molecule has 1 amide bonds. The molecule has 1 aromatic rings. The Morgan fingerprint density at radius 2 is 2.00 bits per heavy atom. The number of carbonyl (C=O) groups is 1. The molecule has 98 valence electrons. The van der Waals surface area contributed by atoms with Crippen LogP contribution < -0.4 is 16.2 Å². The first-order chi connectivity index (χ1) is 8.70. The van der Waals surface area contributed by atoms with Crippen LogP contribution in [0.25, 0.3) is 0 Å². The molecule has 18 heavy (non-hydrogen) atoms. The minimum atomic E-state index is 0.00711. The summed E-state index contributed by atoms with van der Waals surface area (Å²) < 4.78 is 5.85. The number of benzene rings is 1. The molecule has 1 aliphatic heterocycles. The standard InChI is InChI=1S/C13H19N3O2/c14-9-13(17)16-7-5-10(6-8-16)18-12-4-2-1-3-11(12)15/h1-4,10H,5-9,14-15H2. The topological polar surface area (TPSA) is 81.6 Å². The molecule has 0 bridgehead atoms. The molecule has 4 N–H and O–H groups in total. The Morgan fingerprint density at radius 3 is 2.61 bits per heavy atom. The van der Waals surface area contributed by atoms with E-state index in [0.29, 0.717) is 18.8 Å². The van der Waals surface area contributed by atoms with Gasteiger partial charge in [-0.3, -0.25) is 4.79 Å². The van der Waals surface area contributed by atoms with Crippen LogP contribution in [0.5, 0.6) is 5.75 Å². The normalized spacial score (nSPS) is 16.6. The molecular weight excluding hydrogens is 230 g/mol. The summed E-state index contributed by atoms with van der Waals surface area (Å²) in [6.45, 7) is 1.48. The smallest absolute Gasteiger partial charge is 0.236 e. The molecule has 0 saturated carbocycles. The van der Waals surface area contributed by atoms with Crippen LogP contribution in [0.4, 0.5) is 5.69 Å². The van der Waals surface area contributed by atoms with E-state index in [1.807, 2.05) is 24.3 Å². The lowest BCUT2D eigenvalue weighted by atomic mass is 10.1. The van der Waals surface area contributed by atoms with Gasteiger partial charge < -0.3 is 21.1 Å². The number of hydrogen-bond acceptors (Lipinski definition) is 4. The number of anilines is 1. The zero-order valence-electron chi connectivity index (χ0n) is 10.3. The van der Waals surface area contributed by atoms with Gasteiger partial charge in [0, 0.05) is 25.9 Å². The molecule has 1 aliphatic rings. The number of nitrogen functional groups attached to an aromatic ring is 1.